The lowest BCUT2D eigenvalue weighted by Gasteiger charge is -2.22. The van der Waals surface area contributed by atoms with Gasteiger partial charge in [-0.1, -0.05) is 50.6 Å². The van der Waals surface area contributed by atoms with E-state index >= 15 is 0 Å². The SMILES string of the molecule is CC1=Cc2c(cccc2C(C)(C)C)C1. The first-order valence-electron chi connectivity index (χ1n) is 5.28. The van der Waals surface area contributed by atoms with Gasteiger partial charge >= 0.3 is 0 Å². The Kier molecular flexibility index (Phi) is 2.02. The van der Waals surface area contributed by atoms with Crippen molar-refractivity contribution in [3.8, 4) is 0 Å². The normalized spacial score (nSPS) is 15.3. The van der Waals surface area contributed by atoms with Crippen molar-refractivity contribution in [1.82, 2.24) is 0 Å². The maximum absolute atomic E-state index is 2.34. The van der Waals surface area contributed by atoms with Crippen LogP contribution in [0.25, 0.3) is 6.08 Å². The Morgan fingerprint density at radius 1 is 1.14 bits per heavy atom. The van der Waals surface area contributed by atoms with Crippen LogP contribution in [0.5, 0.6) is 0 Å². The zero-order valence-electron chi connectivity index (χ0n) is 9.52. The summed E-state index contributed by atoms with van der Waals surface area (Å²) in [4.78, 5) is 0. The Morgan fingerprint density at radius 3 is 2.50 bits per heavy atom. The van der Waals surface area contributed by atoms with Crippen molar-refractivity contribution in [1.29, 1.82) is 0 Å². The third kappa shape index (κ3) is 1.50. The molecule has 0 heterocycles. The van der Waals surface area contributed by atoms with Gasteiger partial charge in [-0.05, 0) is 35.4 Å². The highest BCUT2D eigenvalue weighted by molar-refractivity contribution is 5.67. The molecule has 0 unspecified atom stereocenters. The topological polar surface area (TPSA) is 0 Å². The summed E-state index contributed by atoms with van der Waals surface area (Å²) < 4.78 is 0. The molecule has 0 amide bonds. The molecule has 0 heteroatoms. The van der Waals surface area contributed by atoms with E-state index in [-0.39, 0.29) is 5.41 Å². The zero-order chi connectivity index (χ0) is 10.3. The van der Waals surface area contributed by atoms with Crippen LogP contribution in [-0.2, 0) is 11.8 Å². The van der Waals surface area contributed by atoms with Crippen LogP contribution >= 0.6 is 0 Å². The lowest BCUT2D eigenvalue weighted by molar-refractivity contribution is 0.588. The zero-order valence-corrected chi connectivity index (χ0v) is 9.52. The van der Waals surface area contributed by atoms with Crippen molar-refractivity contribution in [2.45, 2.75) is 39.5 Å². The third-order valence-corrected chi connectivity index (χ3v) is 2.86. The van der Waals surface area contributed by atoms with Gasteiger partial charge in [0.1, 0.15) is 0 Å². The first-order chi connectivity index (χ1) is 6.48. The highest BCUT2D eigenvalue weighted by Crippen LogP contribution is 2.34. The maximum Gasteiger partial charge on any atom is -0.00605 e. The molecule has 0 N–H and O–H groups in total. The maximum atomic E-state index is 2.34. The van der Waals surface area contributed by atoms with E-state index in [1.54, 1.807) is 0 Å². The van der Waals surface area contributed by atoms with Gasteiger partial charge in [-0.2, -0.15) is 0 Å². The molecule has 0 nitrogen and oxygen atoms in total. The van der Waals surface area contributed by atoms with Crippen molar-refractivity contribution >= 4 is 6.08 Å². The monoisotopic (exact) mass is 186 g/mol. The molecule has 0 aliphatic heterocycles. The molecule has 0 fully saturated rings. The molecule has 1 aliphatic carbocycles. The molecule has 1 aromatic carbocycles. The Hall–Kier alpha value is -1.04. The van der Waals surface area contributed by atoms with Crippen LogP contribution in [0.15, 0.2) is 23.8 Å². The minimum Gasteiger partial charge on any atom is -0.0683 e. The van der Waals surface area contributed by atoms with Crippen molar-refractivity contribution in [2.75, 3.05) is 0 Å². The second-order valence-electron chi connectivity index (χ2n) is 5.30. The number of rotatable bonds is 0. The van der Waals surface area contributed by atoms with E-state index in [1.165, 1.54) is 22.3 Å². The van der Waals surface area contributed by atoms with E-state index in [0.717, 1.165) is 6.42 Å². The second-order valence-corrected chi connectivity index (χ2v) is 5.30. The molecule has 1 aliphatic rings. The van der Waals surface area contributed by atoms with Crippen LogP contribution in [0.3, 0.4) is 0 Å². The van der Waals surface area contributed by atoms with Gasteiger partial charge in [-0.25, -0.2) is 0 Å². The second kappa shape index (κ2) is 2.98. The Balaban J connectivity index is 2.59. The smallest absolute Gasteiger partial charge is 0.00605 e. The molecule has 0 spiro atoms. The van der Waals surface area contributed by atoms with Crippen molar-refractivity contribution in [3.05, 3.63) is 40.5 Å². The minimum atomic E-state index is 0.256. The van der Waals surface area contributed by atoms with Crippen molar-refractivity contribution < 1.29 is 0 Å². The molecule has 0 saturated heterocycles. The van der Waals surface area contributed by atoms with Crippen LogP contribution in [0.2, 0.25) is 0 Å². The van der Waals surface area contributed by atoms with Gasteiger partial charge in [0, 0.05) is 0 Å². The average Bonchev–Trinajstić information content (AvgIpc) is 2.41. The molecule has 1 aromatic rings. The van der Waals surface area contributed by atoms with Crippen LogP contribution in [0.1, 0.15) is 44.4 Å². The standard InChI is InChI=1S/C14H18/c1-10-8-11-6-5-7-13(12(11)9-10)14(2,3)4/h5-7,9H,8H2,1-4H3. The van der Waals surface area contributed by atoms with Gasteiger partial charge in [0.15, 0.2) is 0 Å². The third-order valence-electron chi connectivity index (χ3n) is 2.86. The predicted octanol–water partition coefficient (Wildman–Crippen LogP) is 3.94. The first-order valence-corrected chi connectivity index (χ1v) is 5.28. The van der Waals surface area contributed by atoms with Gasteiger partial charge in [-0.3, -0.25) is 0 Å². The fraction of sp³-hybridized carbons (Fsp3) is 0.429. The number of fused-ring (bicyclic) bond motifs is 1. The molecule has 74 valence electrons. The summed E-state index contributed by atoms with van der Waals surface area (Å²) in [5.41, 5.74) is 6.18. The van der Waals surface area contributed by atoms with Crippen molar-refractivity contribution in [2.24, 2.45) is 0 Å². The molecule has 14 heavy (non-hydrogen) atoms. The summed E-state index contributed by atoms with van der Waals surface area (Å²) in [7, 11) is 0. The van der Waals surface area contributed by atoms with Crippen molar-refractivity contribution in [3.63, 3.8) is 0 Å². The number of hydrogen-bond acceptors (Lipinski definition) is 0. The van der Waals surface area contributed by atoms with Crippen LogP contribution in [0.4, 0.5) is 0 Å². The summed E-state index contributed by atoms with van der Waals surface area (Å²) in [6.45, 7) is 9.06. The molecule has 0 bridgehead atoms. The highest BCUT2D eigenvalue weighted by Gasteiger charge is 2.21. The molecule has 0 radical (unpaired) electrons. The number of hydrogen-bond donors (Lipinski definition) is 0. The molecule has 0 saturated carbocycles. The van der Waals surface area contributed by atoms with Crippen LogP contribution in [-0.4, -0.2) is 0 Å². The first kappa shape index (κ1) is 9.51. The average molecular weight is 186 g/mol. The molecule has 0 aromatic heterocycles. The minimum absolute atomic E-state index is 0.256. The molecule has 2 rings (SSSR count). The highest BCUT2D eigenvalue weighted by atomic mass is 14.3. The predicted molar refractivity (Wildman–Crippen MR) is 62.5 cm³/mol. The Bertz CT molecular complexity index is 389. The fourth-order valence-corrected chi connectivity index (χ4v) is 2.19. The van der Waals surface area contributed by atoms with Gasteiger partial charge < -0.3 is 0 Å². The van der Waals surface area contributed by atoms with E-state index in [1.807, 2.05) is 0 Å². The van der Waals surface area contributed by atoms with Gasteiger partial charge in [0.05, 0.1) is 0 Å². The molecular weight excluding hydrogens is 168 g/mol. The van der Waals surface area contributed by atoms with E-state index in [9.17, 15) is 0 Å². The number of benzene rings is 1. The van der Waals surface area contributed by atoms with Gasteiger partial charge in [0.2, 0.25) is 0 Å². The number of allylic oxidation sites excluding steroid dienone is 1. The summed E-state index contributed by atoms with van der Waals surface area (Å²) in [5, 5.41) is 0. The van der Waals surface area contributed by atoms with Crippen LogP contribution < -0.4 is 0 Å². The summed E-state index contributed by atoms with van der Waals surface area (Å²) in [5.74, 6) is 0. The van der Waals surface area contributed by atoms with E-state index in [0.29, 0.717) is 0 Å². The van der Waals surface area contributed by atoms with Gasteiger partial charge in [0.25, 0.3) is 0 Å². The Morgan fingerprint density at radius 2 is 1.86 bits per heavy atom. The summed E-state index contributed by atoms with van der Waals surface area (Å²) in [6.07, 6.45) is 3.48. The Labute approximate surface area is 86.7 Å². The van der Waals surface area contributed by atoms with Gasteiger partial charge in [-0.15, -0.1) is 0 Å². The lowest BCUT2D eigenvalue weighted by atomic mass is 9.83. The molecular formula is C14H18. The van der Waals surface area contributed by atoms with E-state index in [2.05, 4.69) is 52.0 Å². The molecule has 0 atom stereocenters. The largest absolute Gasteiger partial charge is 0.0683 e. The van der Waals surface area contributed by atoms with Crippen LogP contribution in [0, 0.1) is 0 Å². The lowest BCUT2D eigenvalue weighted by Crippen LogP contribution is -2.13. The summed E-state index contributed by atoms with van der Waals surface area (Å²) in [6, 6.07) is 6.69. The van der Waals surface area contributed by atoms with E-state index in [4.69, 9.17) is 0 Å². The summed E-state index contributed by atoms with van der Waals surface area (Å²) >= 11 is 0. The fourth-order valence-electron chi connectivity index (χ4n) is 2.19. The quantitative estimate of drug-likeness (QED) is 0.575. The van der Waals surface area contributed by atoms with E-state index < -0.39 is 0 Å².